The van der Waals surface area contributed by atoms with Crippen LogP contribution >= 0.6 is 0 Å². The number of aromatic nitrogens is 3. The Kier molecular flexibility index (Phi) is 13.4. The van der Waals surface area contributed by atoms with E-state index in [0.717, 1.165) is 17.5 Å². The van der Waals surface area contributed by atoms with Gasteiger partial charge in [-0.15, -0.1) is 0 Å². The molecular weight excluding hydrogens is 780 g/mol. The first-order valence-corrected chi connectivity index (χ1v) is 17.7. The zero-order valence-corrected chi connectivity index (χ0v) is 30.3. The van der Waals surface area contributed by atoms with Crippen molar-refractivity contribution in [3.8, 4) is 17.0 Å². The Balaban J connectivity index is 1.33. The number of unbranched alkanes of at least 4 members (excludes halogenated alkanes) is 3. The molecule has 57 heavy (non-hydrogen) atoms. The molecule has 21 heteroatoms. The minimum absolute atomic E-state index is 0.0112. The molecule has 0 bridgehead atoms. The lowest BCUT2D eigenvalue weighted by molar-refractivity contribution is -0.160. The monoisotopic (exact) mass is 818 g/mol. The van der Waals surface area contributed by atoms with Crippen molar-refractivity contribution in [1.29, 1.82) is 0 Å². The van der Waals surface area contributed by atoms with Gasteiger partial charge in [-0.25, -0.2) is 19.4 Å². The summed E-state index contributed by atoms with van der Waals surface area (Å²) in [5.74, 6) is -8.01. The molecule has 0 radical (unpaired) electrons. The van der Waals surface area contributed by atoms with Crippen molar-refractivity contribution in [1.82, 2.24) is 25.0 Å². The molecule has 2 unspecified atom stereocenters. The van der Waals surface area contributed by atoms with E-state index in [1.807, 2.05) is 0 Å². The van der Waals surface area contributed by atoms with Crippen molar-refractivity contribution in [3.63, 3.8) is 0 Å². The van der Waals surface area contributed by atoms with Crippen molar-refractivity contribution in [2.24, 2.45) is 0 Å². The average molecular weight is 819 g/mol. The molecule has 1 saturated heterocycles. The molecule has 1 aromatic carbocycles. The number of nitrogens with zero attached hydrogens (tertiary/aromatic N) is 5. The molecule has 5 rings (SSSR count). The predicted octanol–water partition coefficient (Wildman–Crippen LogP) is 5.73. The molecule has 2 amide bonds. The highest BCUT2D eigenvalue weighted by atomic mass is 19.4. The van der Waals surface area contributed by atoms with Crippen LogP contribution in [0.1, 0.15) is 62.5 Å². The van der Waals surface area contributed by atoms with Crippen LogP contribution in [0.4, 0.5) is 40.8 Å². The number of carbonyl (C=O) groups excluding carboxylic acids is 2. The minimum Gasteiger partial charge on any atom is -0.509 e. The highest BCUT2D eigenvalue weighted by Gasteiger charge is 2.53. The average Bonchev–Trinajstić information content (AvgIpc) is 3.57. The van der Waals surface area contributed by atoms with Gasteiger partial charge in [0.2, 0.25) is 11.6 Å². The smallest absolute Gasteiger partial charge is 0.451 e. The zero-order chi connectivity index (χ0) is 41.7. The molecule has 0 aliphatic carbocycles. The number of benzene rings is 1. The molecule has 13 nitrogen and oxygen atoms in total. The minimum atomic E-state index is -5.11. The lowest BCUT2D eigenvalue weighted by Gasteiger charge is -2.46. The summed E-state index contributed by atoms with van der Waals surface area (Å²) in [6.07, 6.45) is -6.67. The number of anilines is 1. The number of hydrazine groups is 1. The molecule has 4 N–H and O–H groups in total. The van der Waals surface area contributed by atoms with E-state index in [2.05, 4.69) is 20.3 Å². The van der Waals surface area contributed by atoms with Crippen LogP contribution < -0.4 is 10.1 Å². The lowest BCUT2D eigenvalue weighted by Crippen LogP contribution is -2.60. The summed E-state index contributed by atoms with van der Waals surface area (Å²) in [5, 5.41) is 33.9. The van der Waals surface area contributed by atoms with E-state index in [-0.39, 0.29) is 37.5 Å². The summed E-state index contributed by atoms with van der Waals surface area (Å²) in [6, 6.07) is 3.62. The van der Waals surface area contributed by atoms with Gasteiger partial charge in [0.25, 0.3) is 11.8 Å². The van der Waals surface area contributed by atoms with Crippen LogP contribution in [-0.4, -0.2) is 96.7 Å². The summed E-state index contributed by atoms with van der Waals surface area (Å²) in [6.45, 7) is 1.06. The van der Waals surface area contributed by atoms with Crippen LogP contribution in [0.25, 0.3) is 11.3 Å². The molecule has 4 heterocycles. The van der Waals surface area contributed by atoms with E-state index < -0.39 is 100 Å². The van der Waals surface area contributed by atoms with Gasteiger partial charge in [0, 0.05) is 30.5 Å². The molecule has 1 fully saturated rings. The van der Waals surface area contributed by atoms with Gasteiger partial charge in [-0.3, -0.25) is 19.6 Å². The quantitative estimate of drug-likeness (QED) is 0.0792. The summed E-state index contributed by atoms with van der Waals surface area (Å²) in [4.78, 5) is 37.6. The standard InChI is InChI=1S/C36H38F8N6O7/c1-34-11-6-12-50(34)49(17-21-7-9-24(28(38)27(21)37)57-14-5-3-2-4-13-56-19-22(52)18-51)32(55)26(30(34)53)31(54)47-23-16-46-33(36(42,43)44)48-29(23)20-8-10-25(45-15-20)35(39,40)41/h7-10,15-16,22,51-53H,2-6,11-14,17-19H2,1H3,(H,47,54). The maximum absolute atomic E-state index is 15.5. The lowest BCUT2D eigenvalue weighted by atomic mass is 9.90. The van der Waals surface area contributed by atoms with E-state index in [4.69, 9.17) is 14.6 Å². The number of aliphatic hydroxyl groups excluding tert-OH is 3. The summed E-state index contributed by atoms with van der Waals surface area (Å²) < 4.78 is 121. The number of ether oxygens (including phenoxy) is 2. The molecule has 2 aliphatic rings. The number of aliphatic hydroxyl groups is 3. The molecule has 0 saturated carbocycles. The third-order valence-electron chi connectivity index (χ3n) is 9.34. The van der Waals surface area contributed by atoms with Crippen molar-refractivity contribution >= 4 is 17.5 Å². The molecule has 0 spiro atoms. The van der Waals surface area contributed by atoms with Gasteiger partial charge in [0.15, 0.2) is 11.6 Å². The topological polar surface area (TPSA) is 170 Å². The number of rotatable bonds is 16. The van der Waals surface area contributed by atoms with Gasteiger partial charge in [-0.05, 0) is 57.2 Å². The Morgan fingerprint density at radius 3 is 2.35 bits per heavy atom. The number of fused-ring (bicyclic) bond motifs is 1. The van der Waals surface area contributed by atoms with Crippen LogP contribution in [0.2, 0.25) is 0 Å². The second-order valence-corrected chi connectivity index (χ2v) is 13.4. The largest absolute Gasteiger partial charge is 0.509 e. The molecular formula is C36H38F8N6O7. The van der Waals surface area contributed by atoms with Crippen LogP contribution in [-0.2, 0) is 33.2 Å². The van der Waals surface area contributed by atoms with Gasteiger partial charge in [-0.2, -0.15) is 30.7 Å². The van der Waals surface area contributed by atoms with Gasteiger partial charge >= 0.3 is 12.4 Å². The van der Waals surface area contributed by atoms with E-state index in [1.54, 1.807) is 0 Å². The summed E-state index contributed by atoms with van der Waals surface area (Å²) in [7, 11) is 0. The van der Waals surface area contributed by atoms with E-state index in [1.165, 1.54) is 24.1 Å². The Hall–Kier alpha value is -4.99. The maximum atomic E-state index is 15.5. The predicted molar refractivity (Wildman–Crippen MR) is 183 cm³/mol. The van der Waals surface area contributed by atoms with Crippen LogP contribution in [0.3, 0.4) is 0 Å². The Bertz CT molecular complexity index is 1960. The van der Waals surface area contributed by atoms with Crippen molar-refractivity contribution in [3.05, 3.63) is 76.7 Å². The molecule has 3 aromatic rings. The Morgan fingerprint density at radius 1 is 0.982 bits per heavy atom. The van der Waals surface area contributed by atoms with Gasteiger partial charge in [0.1, 0.15) is 23.1 Å². The summed E-state index contributed by atoms with van der Waals surface area (Å²) in [5.41, 5.74) is -5.66. The van der Waals surface area contributed by atoms with Gasteiger partial charge in [-0.1, -0.05) is 12.5 Å². The normalized spacial score (nSPS) is 18.2. The third kappa shape index (κ3) is 9.77. The van der Waals surface area contributed by atoms with Crippen molar-refractivity contribution in [2.75, 3.05) is 38.3 Å². The fourth-order valence-corrected chi connectivity index (χ4v) is 6.34. The van der Waals surface area contributed by atoms with Crippen LogP contribution in [0.5, 0.6) is 5.75 Å². The Morgan fingerprint density at radius 2 is 1.70 bits per heavy atom. The molecule has 2 aromatic heterocycles. The van der Waals surface area contributed by atoms with Crippen LogP contribution in [0.15, 0.2) is 48.0 Å². The van der Waals surface area contributed by atoms with Crippen LogP contribution in [0, 0.1) is 11.6 Å². The Labute approximate surface area is 319 Å². The number of hydrogen-bond donors (Lipinski definition) is 4. The maximum Gasteiger partial charge on any atom is 0.451 e. The van der Waals surface area contributed by atoms with Gasteiger partial charge < -0.3 is 30.1 Å². The molecule has 2 atom stereocenters. The van der Waals surface area contributed by atoms with Gasteiger partial charge in [0.05, 0.1) is 49.5 Å². The molecule has 2 aliphatic heterocycles. The number of alkyl halides is 6. The number of nitrogens with one attached hydrogen (secondary N) is 1. The highest BCUT2D eigenvalue weighted by Crippen LogP contribution is 2.42. The van der Waals surface area contributed by atoms with E-state index in [9.17, 15) is 46.1 Å². The van der Waals surface area contributed by atoms with E-state index >= 15 is 8.78 Å². The third-order valence-corrected chi connectivity index (χ3v) is 9.34. The number of halogens is 8. The van der Waals surface area contributed by atoms with E-state index in [0.29, 0.717) is 50.8 Å². The number of hydrogen-bond acceptors (Lipinski definition) is 11. The first-order valence-electron chi connectivity index (χ1n) is 17.7. The highest BCUT2D eigenvalue weighted by molar-refractivity contribution is 6.24. The SMILES string of the molecule is CC12CCCN1N(Cc1ccc(OCCCCCCOCC(O)CO)c(F)c1F)C(=O)C(C(=O)Nc1cnc(C(F)(F)F)nc1-c1ccc(C(F)(F)F)nc1)=C2O. The zero-order valence-electron chi connectivity index (χ0n) is 30.3. The number of carbonyl (C=O) groups is 2. The molecule has 310 valence electrons. The first-order chi connectivity index (χ1) is 26.9. The second kappa shape index (κ2) is 17.7. The summed E-state index contributed by atoms with van der Waals surface area (Å²) >= 11 is 0. The second-order valence-electron chi connectivity index (χ2n) is 13.4. The fraction of sp³-hybridized carbons (Fsp3) is 0.472. The first kappa shape index (κ1) is 43.1. The number of pyridine rings is 1. The van der Waals surface area contributed by atoms with Crippen molar-refractivity contribution in [2.45, 2.75) is 76.0 Å². The fourth-order valence-electron chi connectivity index (χ4n) is 6.34. The van der Waals surface area contributed by atoms with Crippen molar-refractivity contribution < 1.29 is 69.5 Å². The number of amides is 2.